The fraction of sp³-hybridized carbons (Fsp3) is 0.321. The Kier molecular flexibility index (Phi) is 11.6. The van der Waals surface area contributed by atoms with Crippen LogP contribution in [0.25, 0.3) is 12.2 Å². The van der Waals surface area contributed by atoms with Crippen LogP contribution in [0.2, 0.25) is 0 Å². The molecule has 0 aromatic heterocycles. The number of ether oxygens (including phenoxy) is 4. The molecule has 0 amide bonds. The molecule has 0 saturated heterocycles. The number of hydrogen-bond acceptors (Lipinski definition) is 7. The van der Waals surface area contributed by atoms with Crippen LogP contribution in [0, 0.1) is 11.3 Å². The summed E-state index contributed by atoms with van der Waals surface area (Å²) in [5.41, 5.74) is 1.14. The largest absolute Gasteiger partial charge is 0.493 e. The summed E-state index contributed by atoms with van der Waals surface area (Å²) >= 11 is 0. The number of benzene rings is 2. The SMILES string of the molecule is CCCCCCOc1ccc(/C=C/C(=O)Oc2cccc(/C=C(\C#N)C(=O)OCC)c2)cc1OC. The van der Waals surface area contributed by atoms with E-state index in [4.69, 9.17) is 18.9 Å². The molecule has 0 aliphatic rings. The van der Waals surface area contributed by atoms with E-state index in [1.165, 1.54) is 25.0 Å². The quantitative estimate of drug-likeness (QED) is 0.119. The van der Waals surface area contributed by atoms with Crippen LogP contribution in [-0.4, -0.2) is 32.3 Å². The molecule has 0 N–H and O–H groups in total. The fourth-order valence-electron chi connectivity index (χ4n) is 3.11. The molecule has 0 saturated carbocycles. The van der Waals surface area contributed by atoms with Gasteiger partial charge in [0.15, 0.2) is 11.5 Å². The van der Waals surface area contributed by atoms with E-state index in [2.05, 4.69) is 6.92 Å². The van der Waals surface area contributed by atoms with Gasteiger partial charge in [0.25, 0.3) is 0 Å². The lowest BCUT2D eigenvalue weighted by Gasteiger charge is -2.11. The van der Waals surface area contributed by atoms with Crippen LogP contribution in [0.4, 0.5) is 0 Å². The first-order valence-corrected chi connectivity index (χ1v) is 11.6. The Balaban J connectivity index is 2.01. The van der Waals surface area contributed by atoms with Gasteiger partial charge in [-0.25, -0.2) is 9.59 Å². The lowest BCUT2D eigenvalue weighted by molar-refractivity contribution is -0.138. The van der Waals surface area contributed by atoms with Crippen LogP contribution in [0.3, 0.4) is 0 Å². The Morgan fingerprint density at radius 3 is 2.54 bits per heavy atom. The van der Waals surface area contributed by atoms with Gasteiger partial charge in [-0.3, -0.25) is 0 Å². The summed E-state index contributed by atoms with van der Waals surface area (Å²) in [6, 6.07) is 13.7. The maximum absolute atomic E-state index is 12.3. The number of nitrogens with zero attached hydrogens (tertiary/aromatic N) is 1. The maximum atomic E-state index is 12.3. The van der Waals surface area contributed by atoms with Crippen molar-refractivity contribution >= 4 is 24.1 Å². The Morgan fingerprint density at radius 1 is 1.00 bits per heavy atom. The Labute approximate surface area is 206 Å². The van der Waals surface area contributed by atoms with E-state index < -0.39 is 11.9 Å². The lowest BCUT2D eigenvalue weighted by Crippen LogP contribution is -2.06. The lowest BCUT2D eigenvalue weighted by atomic mass is 10.1. The molecular formula is C28H31NO6. The van der Waals surface area contributed by atoms with Gasteiger partial charge in [0.2, 0.25) is 0 Å². The van der Waals surface area contributed by atoms with E-state index in [1.807, 2.05) is 18.2 Å². The molecular weight excluding hydrogens is 446 g/mol. The molecule has 0 aliphatic heterocycles. The average molecular weight is 478 g/mol. The highest BCUT2D eigenvalue weighted by atomic mass is 16.5. The van der Waals surface area contributed by atoms with Gasteiger partial charge < -0.3 is 18.9 Å². The molecule has 0 bridgehead atoms. The molecule has 0 spiro atoms. The van der Waals surface area contributed by atoms with Crippen molar-refractivity contribution in [2.75, 3.05) is 20.3 Å². The number of methoxy groups -OCH3 is 1. The third-order valence-electron chi connectivity index (χ3n) is 4.86. The number of hydrogen-bond donors (Lipinski definition) is 0. The van der Waals surface area contributed by atoms with Gasteiger partial charge in [0, 0.05) is 6.08 Å². The van der Waals surface area contributed by atoms with E-state index in [-0.39, 0.29) is 17.9 Å². The molecule has 2 aromatic carbocycles. The van der Waals surface area contributed by atoms with Gasteiger partial charge >= 0.3 is 11.9 Å². The first-order chi connectivity index (χ1) is 17.0. The number of esters is 2. The van der Waals surface area contributed by atoms with E-state index in [1.54, 1.807) is 50.4 Å². The molecule has 0 unspecified atom stereocenters. The van der Waals surface area contributed by atoms with Crippen LogP contribution >= 0.6 is 0 Å². The minimum Gasteiger partial charge on any atom is -0.493 e. The normalized spacial score (nSPS) is 11.1. The first kappa shape index (κ1) is 27.2. The number of nitriles is 1. The fourth-order valence-corrected chi connectivity index (χ4v) is 3.11. The molecule has 0 fully saturated rings. The molecule has 0 aliphatic carbocycles. The summed E-state index contributed by atoms with van der Waals surface area (Å²) in [7, 11) is 1.57. The van der Waals surface area contributed by atoms with Gasteiger partial charge in [-0.15, -0.1) is 0 Å². The topological polar surface area (TPSA) is 94.9 Å². The average Bonchev–Trinajstić information content (AvgIpc) is 2.86. The van der Waals surface area contributed by atoms with Crippen molar-refractivity contribution < 1.29 is 28.5 Å². The number of rotatable bonds is 13. The van der Waals surface area contributed by atoms with Crippen molar-refractivity contribution in [3.05, 3.63) is 65.2 Å². The minimum atomic E-state index is -0.705. The highest BCUT2D eigenvalue weighted by Gasteiger charge is 2.10. The van der Waals surface area contributed by atoms with E-state index >= 15 is 0 Å². The van der Waals surface area contributed by atoms with E-state index in [0.29, 0.717) is 23.7 Å². The van der Waals surface area contributed by atoms with Crippen LogP contribution in [-0.2, 0) is 14.3 Å². The zero-order valence-corrected chi connectivity index (χ0v) is 20.4. The molecule has 7 nitrogen and oxygen atoms in total. The zero-order chi connectivity index (χ0) is 25.5. The predicted octanol–water partition coefficient (Wildman–Crippen LogP) is 5.74. The number of carbonyl (C=O) groups is 2. The van der Waals surface area contributed by atoms with Crippen LogP contribution in [0.5, 0.6) is 17.2 Å². The summed E-state index contributed by atoms with van der Waals surface area (Å²) < 4.78 is 21.4. The second-order valence-corrected chi connectivity index (χ2v) is 7.54. The van der Waals surface area contributed by atoms with E-state index in [0.717, 1.165) is 18.4 Å². The Morgan fingerprint density at radius 2 is 1.83 bits per heavy atom. The van der Waals surface area contributed by atoms with Crippen molar-refractivity contribution in [1.29, 1.82) is 5.26 Å². The van der Waals surface area contributed by atoms with Gasteiger partial charge in [-0.05, 0) is 60.9 Å². The summed E-state index contributed by atoms with van der Waals surface area (Å²) in [5.74, 6) is 0.244. The standard InChI is InChI=1S/C28H31NO6/c1-4-6-7-8-16-34-25-14-12-21(19-26(25)32-3)13-15-27(30)35-24-11-9-10-22(18-24)17-23(20-29)28(31)33-5-2/h9-15,17-19H,4-8,16H2,1-3H3/b15-13+,23-17+. The molecule has 35 heavy (non-hydrogen) atoms. The molecule has 184 valence electrons. The van der Waals surface area contributed by atoms with Crippen molar-refractivity contribution in [2.45, 2.75) is 39.5 Å². The van der Waals surface area contributed by atoms with Crippen LogP contribution in [0.15, 0.2) is 54.1 Å². The summed E-state index contributed by atoms with van der Waals surface area (Å²) in [6.45, 7) is 4.62. The molecule has 2 aromatic rings. The van der Waals surface area contributed by atoms with E-state index in [9.17, 15) is 14.9 Å². The molecule has 0 radical (unpaired) electrons. The van der Waals surface area contributed by atoms with Gasteiger partial charge in [-0.1, -0.05) is 44.4 Å². The Bertz CT molecular complexity index is 1100. The third-order valence-corrected chi connectivity index (χ3v) is 4.86. The summed E-state index contributed by atoms with van der Waals surface area (Å²) in [6.07, 6.45) is 8.79. The van der Waals surface area contributed by atoms with Gasteiger partial charge in [0.05, 0.1) is 20.3 Å². The minimum absolute atomic E-state index is 0.141. The highest BCUT2D eigenvalue weighted by Crippen LogP contribution is 2.29. The number of carbonyl (C=O) groups excluding carboxylic acids is 2. The van der Waals surface area contributed by atoms with Crippen molar-refractivity contribution in [3.8, 4) is 23.3 Å². The summed E-state index contributed by atoms with van der Waals surface area (Å²) in [5, 5.41) is 9.18. The van der Waals surface area contributed by atoms with Crippen molar-refractivity contribution in [3.63, 3.8) is 0 Å². The third kappa shape index (κ3) is 9.38. The van der Waals surface area contributed by atoms with Crippen LogP contribution in [0.1, 0.15) is 50.7 Å². The Hall–Kier alpha value is -4.05. The molecule has 7 heteroatoms. The van der Waals surface area contributed by atoms with Crippen molar-refractivity contribution in [1.82, 2.24) is 0 Å². The second-order valence-electron chi connectivity index (χ2n) is 7.54. The number of unbranched alkanes of at least 4 members (excludes halogenated alkanes) is 3. The zero-order valence-electron chi connectivity index (χ0n) is 20.4. The second kappa shape index (κ2) is 15.0. The van der Waals surface area contributed by atoms with Gasteiger partial charge in [0.1, 0.15) is 17.4 Å². The predicted molar refractivity (Wildman–Crippen MR) is 134 cm³/mol. The summed E-state index contributed by atoms with van der Waals surface area (Å²) in [4.78, 5) is 24.1. The molecule has 0 atom stereocenters. The molecule has 0 heterocycles. The molecule has 2 rings (SSSR count). The maximum Gasteiger partial charge on any atom is 0.348 e. The van der Waals surface area contributed by atoms with Crippen LogP contribution < -0.4 is 14.2 Å². The smallest absolute Gasteiger partial charge is 0.348 e. The highest BCUT2D eigenvalue weighted by molar-refractivity contribution is 5.98. The van der Waals surface area contributed by atoms with Gasteiger partial charge in [-0.2, -0.15) is 5.26 Å². The monoisotopic (exact) mass is 477 g/mol. The van der Waals surface area contributed by atoms with Crippen molar-refractivity contribution in [2.24, 2.45) is 0 Å². The first-order valence-electron chi connectivity index (χ1n) is 11.6.